The zero-order chi connectivity index (χ0) is 101. The van der Waals surface area contributed by atoms with Gasteiger partial charge in [0, 0.05) is 129 Å². The number of hydrogen-bond acceptors (Lipinski definition) is 27. The van der Waals surface area contributed by atoms with Gasteiger partial charge in [0.05, 0.1) is 33.4 Å². The number of carboxylic acids is 5. The summed E-state index contributed by atoms with van der Waals surface area (Å²) in [5.41, 5.74) is 7.96. The minimum Gasteiger partial charge on any atom is -0.748 e. The number of hydrogen-bond donors (Lipinski definition) is 11. The van der Waals surface area contributed by atoms with E-state index in [0.29, 0.717) is 73.4 Å². The fraction of sp³-hybridized carbons (Fsp3) is 0.441. The number of ketones is 3. The van der Waals surface area contributed by atoms with Crippen molar-refractivity contribution in [2.75, 3.05) is 36.0 Å². The van der Waals surface area contributed by atoms with E-state index in [0.717, 1.165) is 45.1 Å². The number of nitrogens with one attached hydrogen (secondary N) is 5. The molecule has 3 aliphatic rings. The number of carbonyl (C=O) groups is 12. The fourth-order valence-corrected chi connectivity index (χ4v) is 17.0. The Morgan fingerprint density at radius 1 is 0.522 bits per heavy atom. The molecule has 39 nitrogen and oxygen atoms in total. The van der Waals surface area contributed by atoms with Crippen molar-refractivity contribution in [3.8, 4) is 5.75 Å². The third kappa shape index (κ3) is 40.2. The lowest BCUT2D eigenvalue weighted by Gasteiger charge is -2.27. The second-order valence-corrected chi connectivity index (χ2v) is 37.2. The van der Waals surface area contributed by atoms with E-state index in [-0.39, 0.29) is 102 Å². The monoisotopic (exact) mass is 1970 g/mol. The van der Waals surface area contributed by atoms with E-state index in [1.165, 1.54) is 0 Å². The number of ether oxygens (including phenoxy) is 1. The number of carbonyl (C=O) groups excluding carboxylic acids is 9. The lowest BCUT2D eigenvalue weighted by atomic mass is 9.81. The van der Waals surface area contributed by atoms with E-state index >= 15 is 0 Å². The van der Waals surface area contributed by atoms with Crippen LogP contribution in [0.1, 0.15) is 190 Å². The molecule has 2 aliphatic heterocycles. The highest BCUT2D eigenvalue weighted by molar-refractivity contribution is 7.86. The van der Waals surface area contributed by atoms with Gasteiger partial charge in [0.2, 0.25) is 23.4 Å². The number of para-hydroxylation sites is 2. The summed E-state index contributed by atoms with van der Waals surface area (Å²) in [6.07, 6.45) is 6.66. The number of fused-ring (bicyclic) bond motifs is 2. The second kappa shape index (κ2) is 56.2. The highest BCUT2D eigenvalue weighted by Crippen LogP contribution is 2.48. The van der Waals surface area contributed by atoms with Crippen molar-refractivity contribution in [3.05, 3.63) is 208 Å². The van der Waals surface area contributed by atoms with Gasteiger partial charge in [0.15, 0.2) is 17.3 Å². The normalized spacial score (nSPS) is 15.3. The van der Waals surface area contributed by atoms with Gasteiger partial charge in [-0.25, -0.2) is 22.8 Å². The Morgan fingerprint density at radius 3 is 1.63 bits per heavy atom. The van der Waals surface area contributed by atoms with Crippen LogP contribution < -0.4 is 36.2 Å². The number of amides is 5. The first-order valence-electron chi connectivity index (χ1n) is 43.5. The molecule has 736 valence electrons. The van der Waals surface area contributed by atoms with Crippen LogP contribution in [-0.2, 0) is 134 Å². The lowest BCUT2D eigenvalue weighted by Crippen LogP contribution is -2.49. The lowest BCUT2D eigenvalue weighted by molar-refractivity contribution is -0.438. The highest BCUT2D eigenvalue weighted by atomic mass is 32.2. The smallest absolute Gasteiger partial charge is 0.425 e. The molecule has 0 fully saturated rings. The number of anilines is 1. The molecular weight excluding hydrogens is 1860 g/mol. The first kappa shape index (κ1) is 113. The maximum Gasteiger partial charge on any atom is 0.425 e. The predicted molar refractivity (Wildman–Crippen MR) is 488 cm³/mol. The van der Waals surface area contributed by atoms with Crippen LogP contribution in [0, 0.1) is 11.8 Å². The fourth-order valence-electron chi connectivity index (χ4n) is 15.8. The summed E-state index contributed by atoms with van der Waals surface area (Å²) in [4.78, 5) is 176. The van der Waals surface area contributed by atoms with Crippen LogP contribution in [0.2, 0.25) is 0 Å². The predicted octanol–water partition coefficient (Wildman–Crippen LogP) is 8.12. The summed E-state index contributed by atoms with van der Waals surface area (Å²) in [5.74, 6) is -14.0. The summed E-state index contributed by atoms with van der Waals surface area (Å²) in [6.45, 7) is 9.23. The molecule has 0 radical (unpaired) electrons. The van der Waals surface area contributed by atoms with E-state index in [1.54, 1.807) is 84.9 Å². The molecular formula is C93H113N7O32S4. The largest absolute Gasteiger partial charge is 0.748 e. The molecule has 1 aliphatic carbocycles. The average molecular weight is 1970 g/mol. The first-order valence-corrected chi connectivity index (χ1v) is 48.7. The zero-order valence-electron chi connectivity index (χ0n) is 75.3. The molecule has 0 saturated heterocycles. The van der Waals surface area contributed by atoms with Gasteiger partial charge in [-0.1, -0.05) is 129 Å². The number of urea groups is 1. The van der Waals surface area contributed by atoms with Crippen molar-refractivity contribution >= 4 is 136 Å². The Morgan fingerprint density at radius 2 is 1.04 bits per heavy atom. The summed E-state index contributed by atoms with van der Waals surface area (Å²) >= 11 is 0. The number of rotatable bonds is 53. The van der Waals surface area contributed by atoms with Gasteiger partial charge in [-0.05, 0) is 167 Å². The van der Waals surface area contributed by atoms with Gasteiger partial charge in [0.1, 0.15) is 35.9 Å². The number of aliphatic carboxylic acids is 5. The van der Waals surface area contributed by atoms with Crippen LogP contribution in [-0.4, -0.2) is 219 Å². The summed E-state index contributed by atoms with van der Waals surface area (Å²) in [7, 11) is -14.9. The molecule has 43 heteroatoms. The second-order valence-electron chi connectivity index (χ2n) is 33.3. The topological polar surface area (TPSA) is 630 Å². The Bertz CT molecular complexity index is 5720. The number of benzene rings is 5. The van der Waals surface area contributed by atoms with Crippen molar-refractivity contribution in [1.82, 2.24) is 26.6 Å². The van der Waals surface area contributed by atoms with Gasteiger partial charge in [0.25, 0.3) is 10.1 Å². The summed E-state index contributed by atoms with van der Waals surface area (Å²) in [5, 5.41) is 61.6. The van der Waals surface area contributed by atoms with E-state index in [2.05, 4.69) is 63.8 Å². The van der Waals surface area contributed by atoms with Crippen LogP contribution in [0.4, 0.5) is 16.2 Å². The Hall–Kier alpha value is -13.2. The number of Topliss-reactive ketones (excluding diaryl/α,β-unsaturated/α-hetero) is 3. The van der Waals surface area contributed by atoms with Gasteiger partial charge in [-0.3, -0.25) is 47.7 Å². The molecule has 2 heterocycles. The van der Waals surface area contributed by atoms with Crippen LogP contribution in [0.15, 0.2) is 180 Å². The molecule has 5 aromatic rings. The first-order chi connectivity index (χ1) is 64.1. The quantitative estimate of drug-likeness (QED) is 0.00994. The Labute approximate surface area is 789 Å². The molecule has 0 aromatic heterocycles. The van der Waals surface area contributed by atoms with Gasteiger partial charge in [-0.15, -0.1) is 25.3 Å². The molecule has 8 rings (SSSR count). The van der Waals surface area contributed by atoms with Gasteiger partial charge >= 0.3 is 63.2 Å². The summed E-state index contributed by atoms with van der Waals surface area (Å²) in [6, 6.07) is 32.6. The van der Waals surface area contributed by atoms with E-state index in [1.807, 2.05) is 72.8 Å². The van der Waals surface area contributed by atoms with Crippen molar-refractivity contribution < 1.29 is 153 Å². The van der Waals surface area contributed by atoms with Gasteiger partial charge in [-0.2, -0.15) is 22.6 Å². The minimum absolute atomic E-state index is 0.0275. The van der Waals surface area contributed by atoms with Crippen molar-refractivity contribution in [3.63, 3.8) is 0 Å². The van der Waals surface area contributed by atoms with Crippen molar-refractivity contribution in [2.24, 2.45) is 11.8 Å². The Kier molecular flexibility index (Phi) is 46.9. The van der Waals surface area contributed by atoms with E-state index in [4.69, 9.17) is 44.7 Å². The van der Waals surface area contributed by atoms with E-state index in [9.17, 15) is 104 Å². The third-order valence-electron chi connectivity index (χ3n) is 22.5. The van der Waals surface area contributed by atoms with Crippen LogP contribution in [0.5, 0.6) is 5.75 Å². The molecule has 5 amide bonds. The number of allylic oxidation sites excluding steroid dienone is 7. The van der Waals surface area contributed by atoms with Crippen molar-refractivity contribution in [1.29, 1.82) is 0 Å². The molecule has 6 atom stereocenters. The van der Waals surface area contributed by atoms with Crippen LogP contribution >= 0.6 is 0 Å². The number of carboxylic acid groups (broad SMARTS) is 5. The SMILES string of the molecule is CC1(C)C(/C=C/C2=C(Oc3ccc(C[C@H](NC(=O)[C@H](CCC(=O)O)CC(=O)[C@H](CCC(=O)O)NC(=O)[C@@H](CC(=O)[C@H](Cc4ccccc4)NC(=O)CCCCC(=O)CC[C@H](NC(=O)NCCCC(=O)O)C(=O)O)Cc4ccccc4)C(=O)O)cc3)C(=C/C=C3/N(CCCCS(=O)(=O)O)c4ccccc4C3(C)C)/CCC2)=[N+](CCCCS(=O)(=O)[O-])c2ccccc21.O=C=O.O=S(=O)=O.O=S(=O)=O. The standard InChI is InChI=1S/C92H113N7O24S2.CO2.2O3S/c1-91(2)69-30-12-14-32-75(69)98(51-17-19-53-124(117,118)119)79(91)46-38-63-27-21-28-64(39-47-80-92(3,4)70-31-13-15-33-76(70)99(80)52-18-20-54-125(120,121)122)85(63)123-68-42-36-62(37-43-68)57-74(89(114)115)96-86(110)65(40-48-83(106)107)58-77(101)71(45-49-84(108)109)95-87(111)66(55-60-23-7-5-8-24-60)59-78(102)73(56-61-25-9-6-10-26-61)94-81(103)34-16-11-29-67(100)41-44-72(88(112)113)97-90(116)93-50-22-35-82(104)105;2-1-3;2*1-4(2)3/h5-10,12-15,23-26,30-33,36-39,42-43,46-47,65-66,71-74H,11,16-22,27-29,34-35,40-41,44-45,48-59H2,1-4H3,(H11-,93,94,95,96,97,103,104,105,106,107,108,109,110,111,112,113,114,115,116,117,118,119,120,121,122);;;/t65-,66-,71+,72+,73+,74+;;;/m1.../s1. The Balaban J connectivity index is 0.00000281. The highest BCUT2D eigenvalue weighted by Gasteiger charge is 2.45. The van der Waals surface area contributed by atoms with Crippen LogP contribution in [0.25, 0.3) is 0 Å². The molecule has 11 N–H and O–H groups in total. The van der Waals surface area contributed by atoms with Crippen LogP contribution in [0.3, 0.4) is 0 Å². The number of nitrogens with zero attached hydrogens (tertiary/aromatic N) is 2. The number of unbranched alkanes of at least 4 members (excludes halogenated alkanes) is 3. The molecule has 0 spiro atoms. The molecule has 0 unspecified atom stereocenters. The maximum absolute atomic E-state index is 14.8. The van der Waals surface area contributed by atoms with Crippen molar-refractivity contribution in [2.45, 2.75) is 217 Å². The summed E-state index contributed by atoms with van der Waals surface area (Å²) < 4.78 is 128. The van der Waals surface area contributed by atoms with Gasteiger partial charge < -0.3 is 66.3 Å². The maximum atomic E-state index is 14.8. The molecule has 136 heavy (non-hydrogen) atoms. The van der Waals surface area contributed by atoms with E-state index < -0.39 is 203 Å². The molecule has 0 bridgehead atoms. The minimum atomic E-state index is -4.45. The molecule has 0 saturated carbocycles. The third-order valence-corrected chi connectivity index (χ3v) is 24.1. The zero-order valence-corrected chi connectivity index (χ0v) is 78.6. The molecule has 5 aromatic carbocycles. The average Bonchev–Trinajstić information content (AvgIpc) is 1.60.